The van der Waals surface area contributed by atoms with Crippen LogP contribution in [0.15, 0.2) is 0 Å². The topological polar surface area (TPSA) is 94.1 Å². The Morgan fingerprint density at radius 3 is 1.30 bits per heavy atom. The van der Waals surface area contributed by atoms with E-state index < -0.39 is 29.3 Å². The van der Waals surface area contributed by atoms with E-state index in [1.165, 1.54) is 49.8 Å². The molecule has 0 aromatic carbocycles. The molecule has 0 spiro atoms. The lowest BCUT2D eigenvalue weighted by molar-refractivity contribution is -0.325. The van der Waals surface area contributed by atoms with Crippen molar-refractivity contribution in [2.45, 2.75) is 49.5 Å². The number of methoxy groups -OCH3 is 1. The van der Waals surface area contributed by atoms with Gasteiger partial charge in [0.1, 0.15) is 0 Å². The van der Waals surface area contributed by atoms with Gasteiger partial charge in [0, 0.05) is 61.9 Å². The normalized spacial score (nSPS) is 13.8. The van der Waals surface area contributed by atoms with Crippen molar-refractivity contribution in [2.75, 3.05) is 63.0 Å². The molecule has 0 aliphatic heterocycles. The second-order valence-corrected chi connectivity index (χ2v) is 12.9. The molecule has 0 rings (SSSR count). The van der Waals surface area contributed by atoms with Gasteiger partial charge in [0.2, 0.25) is 0 Å². The minimum absolute atomic E-state index is 0.102. The van der Waals surface area contributed by atoms with Gasteiger partial charge in [-0.25, -0.2) is 0 Å². The lowest BCUT2D eigenvalue weighted by Crippen LogP contribution is -2.52. The lowest BCUT2D eigenvalue weighted by atomic mass is 9.91. The Bertz CT molecular complexity index is 405. The quantitative estimate of drug-likeness (QED) is 0.221. The molecule has 30 heavy (non-hydrogen) atoms. The SMILES string of the molecule is COCCOC(CCC[Si](OC)(OC)OC)(CCC[Si](OC)(OC)OC)C(O)(F)F. The Hall–Kier alpha value is -0.0662. The van der Waals surface area contributed by atoms with Crippen molar-refractivity contribution in [3.8, 4) is 0 Å². The van der Waals surface area contributed by atoms with Crippen molar-refractivity contribution in [2.24, 2.45) is 0 Å². The molecule has 0 saturated heterocycles. The minimum Gasteiger partial charge on any atom is -0.382 e. The van der Waals surface area contributed by atoms with Gasteiger partial charge in [-0.05, 0) is 25.7 Å². The van der Waals surface area contributed by atoms with E-state index in [9.17, 15) is 13.9 Å². The molecule has 0 saturated carbocycles. The van der Waals surface area contributed by atoms with Crippen LogP contribution in [0.25, 0.3) is 0 Å². The molecular weight excluding hydrogens is 442 g/mol. The van der Waals surface area contributed by atoms with Gasteiger partial charge in [0.25, 0.3) is 0 Å². The first-order valence-corrected chi connectivity index (χ1v) is 13.5. The number of halogens is 2. The predicted octanol–water partition coefficient (Wildman–Crippen LogP) is 2.29. The van der Waals surface area contributed by atoms with E-state index in [2.05, 4.69) is 0 Å². The van der Waals surface area contributed by atoms with Gasteiger partial charge in [-0.1, -0.05) is 0 Å². The molecule has 0 amide bonds. The van der Waals surface area contributed by atoms with Gasteiger partial charge in [0.15, 0.2) is 5.60 Å². The third-order valence-corrected chi connectivity index (χ3v) is 10.9. The number of hydrogen-bond acceptors (Lipinski definition) is 9. The van der Waals surface area contributed by atoms with Crippen molar-refractivity contribution in [3.05, 3.63) is 0 Å². The Morgan fingerprint density at radius 1 is 0.667 bits per heavy atom. The van der Waals surface area contributed by atoms with E-state index >= 15 is 0 Å². The van der Waals surface area contributed by atoms with Crippen LogP contribution in [0.3, 0.4) is 0 Å². The third-order valence-electron chi connectivity index (χ3n) is 5.21. The van der Waals surface area contributed by atoms with Crippen LogP contribution in [0.4, 0.5) is 8.78 Å². The lowest BCUT2D eigenvalue weighted by Gasteiger charge is -2.38. The maximum atomic E-state index is 14.4. The summed E-state index contributed by atoms with van der Waals surface area (Å²) in [5, 5.41) is 9.77. The summed E-state index contributed by atoms with van der Waals surface area (Å²) in [5.41, 5.74) is -2.13. The van der Waals surface area contributed by atoms with Crippen LogP contribution >= 0.6 is 0 Å². The molecule has 0 fully saturated rings. The van der Waals surface area contributed by atoms with E-state index in [0.717, 1.165) is 0 Å². The van der Waals surface area contributed by atoms with E-state index in [1.54, 1.807) is 0 Å². The molecule has 0 unspecified atom stereocenters. The van der Waals surface area contributed by atoms with Gasteiger partial charge >= 0.3 is 23.7 Å². The average molecular weight is 481 g/mol. The standard InChI is InChI=1S/C17H38F2O9Si2/c1-21-12-13-28-16(17(18,19)20,10-8-14-29(22-2,23-3)24-4)11-9-15-30(25-5,26-6)27-7/h20H,8-15H2,1-7H3. The van der Waals surface area contributed by atoms with Crippen LogP contribution in [0.1, 0.15) is 25.7 Å². The number of rotatable bonds is 19. The highest BCUT2D eigenvalue weighted by Crippen LogP contribution is 2.40. The third kappa shape index (κ3) is 8.46. The summed E-state index contributed by atoms with van der Waals surface area (Å²) in [6.45, 7) is 0.00703. The second kappa shape index (κ2) is 14.2. The first kappa shape index (κ1) is 29.9. The fourth-order valence-corrected chi connectivity index (χ4v) is 6.71. The number of ether oxygens (including phenoxy) is 2. The van der Waals surface area contributed by atoms with Gasteiger partial charge in [-0.3, -0.25) is 0 Å². The zero-order chi connectivity index (χ0) is 23.3. The molecule has 182 valence electrons. The van der Waals surface area contributed by atoms with Crippen molar-refractivity contribution in [3.63, 3.8) is 0 Å². The Balaban J connectivity index is 5.45. The molecule has 0 heterocycles. The van der Waals surface area contributed by atoms with Gasteiger partial charge in [-0.15, -0.1) is 0 Å². The average Bonchev–Trinajstić information content (AvgIpc) is 2.74. The van der Waals surface area contributed by atoms with E-state index in [0.29, 0.717) is 0 Å². The maximum Gasteiger partial charge on any atom is 0.500 e. The largest absolute Gasteiger partial charge is 0.500 e. The highest BCUT2D eigenvalue weighted by atomic mass is 28.4. The molecule has 0 aliphatic rings. The molecule has 0 atom stereocenters. The zero-order valence-corrected chi connectivity index (χ0v) is 21.1. The highest BCUT2D eigenvalue weighted by molar-refractivity contribution is 6.60. The molecule has 1 N–H and O–H groups in total. The van der Waals surface area contributed by atoms with Gasteiger partial charge in [-0.2, -0.15) is 8.78 Å². The van der Waals surface area contributed by atoms with Crippen LogP contribution < -0.4 is 0 Å². The van der Waals surface area contributed by atoms with Gasteiger partial charge < -0.3 is 41.1 Å². The highest BCUT2D eigenvalue weighted by Gasteiger charge is 2.54. The van der Waals surface area contributed by atoms with E-state index in [4.69, 9.17) is 36.0 Å². The maximum absolute atomic E-state index is 14.4. The number of aliphatic hydroxyl groups is 1. The first-order chi connectivity index (χ1) is 14.1. The molecule has 0 radical (unpaired) electrons. The summed E-state index contributed by atoms with van der Waals surface area (Å²) in [4.78, 5) is 0. The summed E-state index contributed by atoms with van der Waals surface area (Å²) in [7, 11) is 4.24. The summed E-state index contributed by atoms with van der Waals surface area (Å²) in [5.74, 6) is 0. The molecule has 0 aromatic heterocycles. The first-order valence-electron chi connectivity index (χ1n) is 9.63. The Labute approximate surface area is 180 Å². The zero-order valence-electron chi connectivity index (χ0n) is 19.1. The number of hydrogen-bond donors (Lipinski definition) is 1. The summed E-state index contributed by atoms with van der Waals surface area (Å²) < 4.78 is 71.4. The summed E-state index contributed by atoms with van der Waals surface area (Å²) >= 11 is 0. The smallest absolute Gasteiger partial charge is 0.382 e. The molecule has 0 bridgehead atoms. The fraction of sp³-hybridized carbons (Fsp3) is 1.00. The molecule has 0 aromatic rings. The predicted molar refractivity (Wildman–Crippen MR) is 109 cm³/mol. The Kier molecular flexibility index (Phi) is 14.1. The van der Waals surface area contributed by atoms with E-state index in [1.807, 2.05) is 0 Å². The molecule has 13 heteroatoms. The van der Waals surface area contributed by atoms with Crippen molar-refractivity contribution in [1.29, 1.82) is 0 Å². The van der Waals surface area contributed by atoms with Crippen molar-refractivity contribution >= 4 is 17.6 Å². The summed E-state index contributed by atoms with van der Waals surface area (Å²) in [6, 6.07) is 0.573. The Morgan fingerprint density at radius 2 is 1.03 bits per heavy atom. The monoisotopic (exact) mass is 480 g/mol. The molecule has 9 nitrogen and oxygen atoms in total. The van der Waals surface area contributed by atoms with Crippen LogP contribution in [0, 0.1) is 0 Å². The van der Waals surface area contributed by atoms with Crippen molar-refractivity contribution in [1.82, 2.24) is 0 Å². The fourth-order valence-electron chi connectivity index (χ4n) is 3.27. The number of alkyl halides is 2. The molecule has 0 aliphatic carbocycles. The van der Waals surface area contributed by atoms with E-state index in [-0.39, 0.29) is 51.0 Å². The van der Waals surface area contributed by atoms with Gasteiger partial charge in [0.05, 0.1) is 13.2 Å². The summed E-state index contributed by atoms with van der Waals surface area (Å²) in [6.07, 6.45) is -3.92. The van der Waals surface area contributed by atoms with Crippen LogP contribution in [0.5, 0.6) is 0 Å². The van der Waals surface area contributed by atoms with Crippen LogP contribution in [0.2, 0.25) is 12.1 Å². The molecular formula is C17H38F2O9Si2. The second-order valence-electron chi connectivity index (χ2n) is 6.67. The van der Waals surface area contributed by atoms with Crippen molar-refractivity contribution < 1.29 is 49.9 Å². The van der Waals surface area contributed by atoms with Crippen LogP contribution in [-0.2, 0) is 36.0 Å². The minimum atomic E-state index is -4.09. The van der Waals surface area contributed by atoms with Crippen LogP contribution in [-0.4, -0.2) is 97.4 Å².